The summed E-state index contributed by atoms with van der Waals surface area (Å²) in [6, 6.07) is 9.49. The van der Waals surface area contributed by atoms with Crippen LogP contribution in [0, 0.1) is 6.92 Å². The zero-order valence-electron chi connectivity index (χ0n) is 14.9. The summed E-state index contributed by atoms with van der Waals surface area (Å²) in [7, 11) is 2.13. The van der Waals surface area contributed by atoms with Gasteiger partial charge in [-0.1, -0.05) is 6.07 Å². The topological polar surface area (TPSA) is 73.4 Å². The fourth-order valence-electron chi connectivity index (χ4n) is 2.79. The van der Waals surface area contributed by atoms with Crippen LogP contribution in [0.1, 0.15) is 12.6 Å². The molecule has 0 radical (unpaired) electrons. The van der Waals surface area contributed by atoms with Crippen LogP contribution in [0.4, 0.5) is 23.1 Å². The smallest absolute Gasteiger partial charge is 0.227 e. The number of amides is 1. The van der Waals surface area contributed by atoms with Crippen molar-refractivity contribution >= 4 is 29.0 Å². The molecular weight excluding hydrogens is 316 g/mol. The minimum atomic E-state index is -0.0904. The van der Waals surface area contributed by atoms with Gasteiger partial charge in [-0.2, -0.15) is 4.98 Å². The van der Waals surface area contributed by atoms with E-state index in [1.54, 1.807) is 0 Å². The summed E-state index contributed by atoms with van der Waals surface area (Å²) in [4.78, 5) is 25.0. The van der Waals surface area contributed by atoms with Gasteiger partial charge in [-0.15, -0.1) is 0 Å². The molecule has 1 amide bonds. The predicted molar refractivity (Wildman–Crippen MR) is 101 cm³/mol. The molecule has 2 aromatic rings. The summed E-state index contributed by atoms with van der Waals surface area (Å²) in [6.07, 6.45) is 0. The van der Waals surface area contributed by atoms with Crippen LogP contribution in [0.15, 0.2) is 30.3 Å². The average Bonchev–Trinajstić information content (AvgIpc) is 2.54. The number of carbonyl (C=O) groups excluding carboxylic acids is 1. The number of rotatable bonds is 4. The Hall–Kier alpha value is -2.67. The van der Waals surface area contributed by atoms with Crippen molar-refractivity contribution in [1.29, 1.82) is 0 Å². The molecule has 0 saturated carbocycles. The fraction of sp³-hybridized carbons (Fsp3) is 0.389. The van der Waals surface area contributed by atoms with E-state index < -0.39 is 0 Å². The van der Waals surface area contributed by atoms with Gasteiger partial charge in [0, 0.05) is 56.2 Å². The van der Waals surface area contributed by atoms with E-state index in [-0.39, 0.29) is 5.91 Å². The molecule has 25 heavy (non-hydrogen) atoms. The van der Waals surface area contributed by atoms with E-state index in [1.165, 1.54) is 6.92 Å². The first-order valence-corrected chi connectivity index (χ1v) is 8.43. The molecule has 1 aliphatic heterocycles. The standard InChI is InChI=1S/C18H24N6O/c1-13-11-17(21-16-6-4-5-15(12-16)20-14(2)25)22-18(19-13)24-9-7-23(3)8-10-24/h4-6,11-12H,7-10H2,1-3H3,(H,20,25)(H,19,21,22). The SMILES string of the molecule is CC(=O)Nc1cccc(Nc2cc(C)nc(N3CCN(C)CC3)n2)c1. The van der Waals surface area contributed by atoms with Crippen LogP contribution in [-0.2, 0) is 4.79 Å². The lowest BCUT2D eigenvalue weighted by Crippen LogP contribution is -2.45. The Morgan fingerprint density at radius 1 is 1.08 bits per heavy atom. The van der Waals surface area contributed by atoms with Crippen LogP contribution in [0.25, 0.3) is 0 Å². The molecule has 7 nitrogen and oxygen atoms in total. The third kappa shape index (κ3) is 4.67. The molecule has 1 aromatic carbocycles. The number of likely N-dealkylation sites (N-methyl/N-ethyl adjacent to an activating group) is 1. The van der Waals surface area contributed by atoms with Gasteiger partial charge in [-0.05, 0) is 32.2 Å². The van der Waals surface area contributed by atoms with Crippen LogP contribution >= 0.6 is 0 Å². The molecule has 1 aliphatic rings. The quantitative estimate of drug-likeness (QED) is 0.889. The van der Waals surface area contributed by atoms with E-state index in [1.807, 2.05) is 37.3 Å². The molecule has 2 heterocycles. The van der Waals surface area contributed by atoms with Gasteiger partial charge in [0.2, 0.25) is 11.9 Å². The van der Waals surface area contributed by atoms with E-state index in [9.17, 15) is 4.79 Å². The van der Waals surface area contributed by atoms with Crippen LogP contribution in [0.5, 0.6) is 0 Å². The van der Waals surface area contributed by atoms with Crippen molar-refractivity contribution in [2.75, 3.05) is 48.8 Å². The van der Waals surface area contributed by atoms with E-state index >= 15 is 0 Å². The zero-order chi connectivity index (χ0) is 17.8. The van der Waals surface area contributed by atoms with Crippen molar-refractivity contribution in [2.45, 2.75) is 13.8 Å². The number of aryl methyl sites for hydroxylation is 1. The minimum absolute atomic E-state index is 0.0904. The second-order valence-electron chi connectivity index (χ2n) is 6.37. The maximum absolute atomic E-state index is 11.2. The molecule has 1 saturated heterocycles. The fourth-order valence-corrected chi connectivity index (χ4v) is 2.79. The Labute approximate surface area is 148 Å². The summed E-state index contributed by atoms with van der Waals surface area (Å²) in [5, 5.41) is 6.09. The van der Waals surface area contributed by atoms with Gasteiger partial charge < -0.3 is 20.4 Å². The highest BCUT2D eigenvalue weighted by atomic mass is 16.1. The van der Waals surface area contributed by atoms with Crippen LogP contribution in [-0.4, -0.2) is 54.0 Å². The molecule has 0 spiro atoms. The number of aromatic nitrogens is 2. The van der Waals surface area contributed by atoms with Crippen molar-refractivity contribution in [3.8, 4) is 0 Å². The first kappa shape index (κ1) is 17.2. The molecule has 0 atom stereocenters. The third-order valence-corrected chi connectivity index (χ3v) is 4.08. The van der Waals surface area contributed by atoms with Crippen molar-refractivity contribution in [2.24, 2.45) is 0 Å². The molecule has 0 aliphatic carbocycles. The number of nitrogens with zero attached hydrogens (tertiary/aromatic N) is 4. The first-order chi connectivity index (χ1) is 12.0. The number of benzene rings is 1. The summed E-state index contributed by atoms with van der Waals surface area (Å²) in [6.45, 7) is 7.35. The number of piperazine rings is 1. The van der Waals surface area contributed by atoms with E-state index in [0.717, 1.165) is 55.0 Å². The molecule has 1 fully saturated rings. The third-order valence-electron chi connectivity index (χ3n) is 4.08. The van der Waals surface area contributed by atoms with E-state index in [2.05, 4.69) is 37.4 Å². The molecule has 1 aromatic heterocycles. The Balaban J connectivity index is 1.77. The lowest BCUT2D eigenvalue weighted by Gasteiger charge is -2.32. The van der Waals surface area contributed by atoms with Gasteiger partial charge in [0.05, 0.1) is 0 Å². The summed E-state index contributed by atoms with van der Waals surface area (Å²) in [5.74, 6) is 1.42. The van der Waals surface area contributed by atoms with Gasteiger partial charge in [0.25, 0.3) is 0 Å². The minimum Gasteiger partial charge on any atom is -0.340 e. The number of nitrogens with one attached hydrogen (secondary N) is 2. The van der Waals surface area contributed by atoms with Gasteiger partial charge in [-0.25, -0.2) is 4.98 Å². The predicted octanol–water partition coefficient (Wildman–Crippen LogP) is 2.24. The van der Waals surface area contributed by atoms with Gasteiger partial charge >= 0.3 is 0 Å². The second kappa shape index (κ2) is 7.48. The molecule has 3 rings (SSSR count). The molecule has 0 bridgehead atoms. The molecule has 132 valence electrons. The Bertz CT molecular complexity index is 755. The maximum Gasteiger partial charge on any atom is 0.227 e. The normalized spacial score (nSPS) is 15.1. The van der Waals surface area contributed by atoms with E-state index in [4.69, 9.17) is 0 Å². The average molecular weight is 340 g/mol. The van der Waals surface area contributed by atoms with Crippen molar-refractivity contribution in [3.05, 3.63) is 36.0 Å². The molecule has 0 unspecified atom stereocenters. The van der Waals surface area contributed by atoms with Gasteiger partial charge in [0.15, 0.2) is 0 Å². The van der Waals surface area contributed by atoms with Gasteiger partial charge in [-0.3, -0.25) is 4.79 Å². The number of anilines is 4. The number of hydrogen-bond acceptors (Lipinski definition) is 6. The molecule has 2 N–H and O–H groups in total. The first-order valence-electron chi connectivity index (χ1n) is 8.43. The molecule has 7 heteroatoms. The Morgan fingerprint density at radius 2 is 1.80 bits per heavy atom. The van der Waals surface area contributed by atoms with Crippen molar-refractivity contribution in [1.82, 2.24) is 14.9 Å². The highest BCUT2D eigenvalue weighted by Gasteiger charge is 2.17. The highest BCUT2D eigenvalue weighted by molar-refractivity contribution is 5.89. The van der Waals surface area contributed by atoms with Crippen LogP contribution < -0.4 is 15.5 Å². The summed E-state index contributed by atoms with van der Waals surface area (Å²) < 4.78 is 0. The monoisotopic (exact) mass is 340 g/mol. The lowest BCUT2D eigenvalue weighted by molar-refractivity contribution is -0.114. The Kier molecular flexibility index (Phi) is 5.14. The van der Waals surface area contributed by atoms with Crippen LogP contribution in [0.3, 0.4) is 0 Å². The lowest BCUT2D eigenvalue weighted by atomic mass is 10.2. The summed E-state index contributed by atoms with van der Waals surface area (Å²) in [5.41, 5.74) is 2.54. The maximum atomic E-state index is 11.2. The van der Waals surface area contributed by atoms with Crippen molar-refractivity contribution < 1.29 is 4.79 Å². The van der Waals surface area contributed by atoms with Gasteiger partial charge in [0.1, 0.15) is 5.82 Å². The zero-order valence-corrected chi connectivity index (χ0v) is 14.9. The summed E-state index contributed by atoms with van der Waals surface area (Å²) >= 11 is 0. The number of carbonyl (C=O) groups is 1. The number of hydrogen-bond donors (Lipinski definition) is 2. The Morgan fingerprint density at radius 3 is 2.52 bits per heavy atom. The second-order valence-corrected chi connectivity index (χ2v) is 6.37. The molecular formula is C18H24N6O. The van der Waals surface area contributed by atoms with E-state index in [0.29, 0.717) is 0 Å². The van der Waals surface area contributed by atoms with Crippen molar-refractivity contribution in [3.63, 3.8) is 0 Å². The highest BCUT2D eigenvalue weighted by Crippen LogP contribution is 2.21. The van der Waals surface area contributed by atoms with Crippen LogP contribution in [0.2, 0.25) is 0 Å². The largest absolute Gasteiger partial charge is 0.340 e.